The Morgan fingerprint density at radius 2 is 1.72 bits per heavy atom. The summed E-state index contributed by atoms with van der Waals surface area (Å²) < 4.78 is 5.87. The van der Waals surface area contributed by atoms with Gasteiger partial charge in [0.05, 0.1) is 18.3 Å². The molecule has 0 saturated carbocycles. The van der Waals surface area contributed by atoms with Crippen molar-refractivity contribution in [2.75, 3.05) is 6.54 Å². The quantitative estimate of drug-likeness (QED) is 0.152. The Balaban J connectivity index is 1.54. The van der Waals surface area contributed by atoms with Gasteiger partial charge in [-0.2, -0.15) is 0 Å². The summed E-state index contributed by atoms with van der Waals surface area (Å²) in [6.07, 6.45) is 4.33. The topological polar surface area (TPSA) is 162 Å². The standard InChI is InChI=1S/C36H55NO9/c1-5-27(22-26-14-8-6-9-15-26)30(39)18-11-7-10-17-29(38)24(3)32(40)25(4)31-20-19-23(2)33(41)36(45,46-31)35(44)37-21-13-12-16-28(37)34(42)43/h6,8-9,14-15,23-25,27-28,30-32,39-40,45H,5,7,10-13,16-22H2,1-4H3,(H,42,43)/t23-,24-,25+,27-,28+,30+,31+,32+,36?/m1/s1. The van der Waals surface area contributed by atoms with E-state index < -0.39 is 65.6 Å². The van der Waals surface area contributed by atoms with Gasteiger partial charge in [-0.25, -0.2) is 4.79 Å². The van der Waals surface area contributed by atoms with E-state index in [0.717, 1.165) is 30.6 Å². The molecular weight excluding hydrogens is 590 g/mol. The summed E-state index contributed by atoms with van der Waals surface area (Å²) in [6, 6.07) is 8.98. The molecule has 9 atom stereocenters. The number of hydrogen-bond donors (Lipinski definition) is 4. The van der Waals surface area contributed by atoms with Crippen LogP contribution in [0.4, 0.5) is 0 Å². The average molecular weight is 646 g/mol. The first-order valence-corrected chi connectivity index (χ1v) is 17.2. The van der Waals surface area contributed by atoms with Gasteiger partial charge in [-0.15, -0.1) is 0 Å². The van der Waals surface area contributed by atoms with Gasteiger partial charge in [0.1, 0.15) is 11.8 Å². The van der Waals surface area contributed by atoms with E-state index in [1.807, 2.05) is 18.2 Å². The van der Waals surface area contributed by atoms with Gasteiger partial charge in [0.15, 0.2) is 0 Å². The number of carbonyl (C=O) groups is 4. The number of nitrogens with zero attached hydrogens (tertiary/aromatic N) is 1. The van der Waals surface area contributed by atoms with Crippen LogP contribution in [-0.4, -0.2) is 85.5 Å². The number of aliphatic hydroxyl groups is 3. The van der Waals surface area contributed by atoms with Crippen molar-refractivity contribution in [1.82, 2.24) is 4.90 Å². The third-order valence-corrected chi connectivity index (χ3v) is 10.3. The van der Waals surface area contributed by atoms with Crippen LogP contribution >= 0.6 is 0 Å². The molecule has 0 spiro atoms. The molecule has 1 unspecified atom stereocenters. The molecule has 258 valence electrons. The van der Waals surface area contributed by atoms with Gasteiger partial charge < -0.3 is 30.1 Å². The van der Waals surface area contributed by atoms with Crippen LogP contribution < -0.4 is 0 Å². The number of carboxylic acid groups (broad SMARTS) is 1. The van der Waals surface area contributed by atoms with Crippen LogP contribution in [0, 0.1) is 23.7 Å². The molecule has 10 heteroatoms. The molecule has 0 bridgehead atoms. The van der Waals surface area contributed by atoms with Crippen molar-refractivity contribution >= 4 is 23.4 Å². The molecule has 2 saturated heterocycles. The summed E-state index contributed by atoms with van der Waals surface area (Å²) in [5, 5.41) is 43.1. The molecule has 2 aliphatic rings. The Morgan fingerprint density at radius 1 is 1.02 bits per heavy atom. The van der Waals surface area contributed by atoms with Crippen LogP contribution in [0.5, 0.6) is 0 Å². The smallest absolute Gasteiger partial charge is 0.326 e. The summed E-state index contributed by atoms with van der Waals surface area (Å²) in [7, 11) is 0. The number of ketones is 2. The zero-order valence-corrected chi connectivity index (χ0v) is 28.0. The summed E-state index contributed by atoms with van der Waals surface area (Å²) in [5.74, 6) is -8.07. The van der Waals surface area contributed by atoms with Crippen LogP contribution in [0.2, 0.25) is 0 Å². The molecular formula is C36H55NO9. The highest BCUT2D eigenvalue weighted by atomic mass is 16.6. The lowest BCUT2D eigenvalue weighted by atomic mass is 9.83. The number of carboxylic acids is 1. The zero-order chi connectivity index (χ0) is 34.0. The van der Waals surface area contributed by atoms with Crippen LogP contribution in [0.3, 0.4) is 0 Å². The number of Topliss-reactive ketones (excluding diaryl/α,β-unsaturated/α-hetero) is 2. The molecule has 1 aromatic carbocycles. The molecule has 0 aromatic heterocycles. The van der Waals surface area contributed by atoms with Crippen LogP contribution in [-0.2, 0) is 30.3 Å². The maximum absolute atomic E-state index is 13.6. The normalized spacial score (nSPS) is 27.2. The minimum atomic E-state index is -2.87. The van der Waals surface area contributed by atoms with E-state index in [1.165, 1.54) is 5.56 Å². The van der Waals surface area contributed by atoms with Gasteiger partial charge in [-0.05, 0) is 62.8 Å². The summed E-state index contributed by atoms with van der Waals surface area (Å²) in [6.45, 7) is 7.09. The Kier molecular flexibility index (Phi) is 14.4. The second-order valence-corrected chi connectivity index (χ2v) is 13.6. The van der Waals surface area contributed by atoms with E-state index in [9.17, 15) is 39.6 Å². The van der Waals surface area contributed by atoms with Gasteiger partial charge >= 0.3 is 11.8 Å². The molecule has 2 heterocycles. The number of ether oxygens (including phenoxy) is 1. The van der Waals surface area contributed by atoms with E-state index in [-0.39, 0.29) is 37.5 Å². The number of aliphatic carboxylic acids is 1. The number of carbonyl (C=O) groups excluding carboxylic acids is 3. The number of benzene rings is 1. The first-order valence-electron chi connectivity index (χ1n) is 17.2. The fourth-order valence-corrected chi connectivity index (χ4v) is 7.00. The minimum absolute atomic E-state index is 0.0867. The van der Waals surface area contributed by atoms with Crippen molar-refractivity contribution in [3.8, 4) is 0 Å². The predicted octanol–water partition coefficient (Wildman–Crippen LogP) is 4.31. The molecule has 3 rings (SSSR count). The summed E-state index contributed by atoms with van der Waals surface area (Å²) >= 11 is 0. The second-order valence-electron chi connectivity index (χ2n) is 13.6. The molecule has 0 aliphatic carbocycles. The Labute approximate surface area is 273 Å². The number of rotatable bonds is 16. The molecule has 2 aliphatic heterocycles. The van der Waals surface area contributed by atoms with Gasteiger partial charge in [-0.1, -0.05) is 77.3 Å². The van der Waals surface area contributed by atoms with Crippen molar-refractivity contribution in [3.63, 3.8) is 0 Å². The number of hydrogen-bond acceptors (Lipinski definition) is 8. The van der Waals surface area contributed by atoms with Crippen molar-refractivity contribution < 1.29 is 44.3 Å². The van der Waals surface area contributed by atoms with Gasteiger partial charge in [0.2, 0.25) is 5.78 Å². The molecule has 1 amide bonds. The highest BCUT2D eigenvalue weighted by Gasteiger charge is 2.55. The summed E-state index contributed by atoms with van der Waals surface area (Å²) in [5.41, 5.74) is 1.21. The highest BCUT2D eigenvalue weighted by molar-refractivity contribution is 6.09. The average Bonchev–Trinajstić information content (AvgIpc) is 3.17. The van der Waals surface area contributed by atoms with Crippen LogP contribution in [0.15, 0.2) is 30.3 Å². The molecule has 0 radical (unpaired) electrons. The molecule has 10 nitrogen and oxygen atoms in total. The number of unbranched alkanes of at least 4 members (excludes halogenated alkanes) is 2. The fourth-order valence-electron chi connectivity index (χ4n) is 7.00. The molecule has 4 N–H and O–H groups in total. The van der Waals surface area contributed by atoms with Crippen molar-refractivity contribution in [2.24, 2.45) is 23.7 Å². The fraction of sp³-hybridized carbons (Fsp3) is 0.722. The lowest BCUT2D eigenvalue weighted by Gasteiger charge is -2.39. The lowest BCUT2D eigenvalue weighted by Crippen LogP contribution is -2.62. The van der Waals surface area contributed by atoms with E-state index in [4.69, 9.17) is 4.74 Å². The van der Waals surface area contributed by atoms with E-state index >= 15 is 0 Å². The van der Waals surface area contributed by atoms with Crippen molar-refractivity contribution in [1.29, 1.82) is 0 Å². The highest BCUT2D eigenvalue weighted by Crippen LogP contribution is 2.35. The molecule has 46 heavy (non-hydrogen) atoms. The van der Waals surface area contributed by atoms with Gasteiger partial charge in [-0.3, -0.25) is 14.4 Å². The Hall–Kier alpha value is -2.66. The van der Waals surface area contributed by atoms with Crippen LogP contribution in [0.1, 0.15) is 104 Å². The van der Waals surface area contributed by atoms with Gasteiger partial charge in [0.25, 0.3) is 5.91 Å². The largest absolute Gasteiger partial charge is 0.480 e. The number of aliphatic hydroxyl groups excluding tert-OH is 2. The Bertz CT molecular complexity index is 1160. The van der Waals surface area contributed by atoms with Crippen molar-refractivity contribution in [2.45, 2.75) is 135 Å². The molecule has 1 aromatic rings. The van der Waals surface area contributed by atoms with E-state index in [2.05, 4.69) is 19.1 Å². The third-order valence-electron chi connectivity index (χ3n) is 10.3. The number of piperidine rings is 1. The monoisotopic (exact) mass is 645 g/mol. The maximum atomic E-state index is 13.6. The predicted molar refractivity (Wildman–Crippen MR) is 173 cm³/mol. The van der Waals surface area contributed by atoms with E-state index in [0.29, 0.717) is 32.1 Å². The van der Waals surface area contributed by atoms with Gasteiger partial charge in [0, 0.05) is 30.7 Å². The third kappa shape index (κ3) is 9.46. The lowest BCUT2D eigenvalue weighted by molar-refractivity contribution is -0.237. The number of likely N-dealkylation sites (tertiary alicyclic amines) is 1. The maximum Gasteiger partial charge on any atom is 0.326 e. The molecule has 2 fully saturated rings. The number of amides is 1. The van der Waals surface area contributed by atoms with Crippen LogP contribution in [0.25, 0.3) is 0 Å². The first kappa shape index (κ1) is 37.8. The summed E-state index contributed by atoms with van der Waals surface area (Å²) in [4.78, 5) is 52.7. The SMILES string of the molecule is CC[C@H](Cc1ccccc1)[C@@H](O)CCCCCC(=O)[C@@H](C)[C@H](O)[C@@H](C)[C@@H]1CC[C@@H](C)C(=O)C(O)(C(=O)N2CCCC[C@H]2C(=O)O)O1. The Morgan fingerprint density at radius 3 is 2.37 bits per heavy atom. The second kappa shape index (κ2) is 17.5. The van der Waals surface area contributed by atoms with Crippen molar-refractivity contribution in [3.05, 3.63) is 35.9 Å². The van der Waals surface area contributed by atoms with E-state index in [1.54, 1.807) is 20.8 Å². The minimum Gasteiger partial charge on any atom is -0.480 e. The first-order chi connectivity index (χ1) is 21.8. The zero-order valence-electron chi connectivity index (χ0n) is 28.0.